The molecular weight excluding hydrogens is 264 g/mol. The summed E-state index contributed by atoms with van der Waals surface area (Å²) in [6, 6.07) is 0. The van der Waals surface area contributed by atoms with Crippen molar-refractivity contribution in [2.75, 3.05) is 25.4 Å². The molecule has 0 amide bonds. The number of aliphatic hydroxyl groups is 1. The fourth-order valence-electron chi connectivity index (χ4n) is 3.15. The number of β-amino-alcohol motifs (C(OH)–C–C–N with tert-alkyl or cyclic N) is 1. The number of nitrogens with two attached hydrogens (primary N) is 1. The summed E-state index contributed by atoms with van der Waals surface area (Å²) in [5.41, 5.74) is 8.80. The molecule has 1 fully saturated rings. The second-order valence-corrected chi connectivity index (χ2v) is 7.53. The molecule has 0 saturated carbocycles. The largest absolute Gasteiger partial charge is 0.396 e. The normalized spacial score (nSPS) is 21.9. The lowest BCUT2D eigenvalue weighted by atomic mass is 9.80. The molecule has 0 aliphatic carbocycles. The smallest absolute Gasteiger partial charge is 0.0862 e. The van der Waals surface area contributed by atoms with E-state index in [1.165, 1.54) is 6.42 Å². The molecule has 5 heteroatoms. The first-order chi connectivity index (χ1) is 9.68. The highest BCUT2D eigenvalue weighted by molar-refractivity contribution is 5.46. The van der Waals surface area contributed by atoms with Crippen LogP contribution in [0.15, 0.2) is 0 Å². The second-order valence-electron chi connectivity index (χ2n) is 7.53. The number of aromatic nitrogens is 2. The molecular formula is C16H30N4O. The van der Waals surface area contributed by atoms with E-state index in [0.717, 1.165) is 30.2 Å². The maximum atomic E-state index is 10.3. The minimum Gasteiger partial charge on any atom is -0.396 e. The molecule has 1 aliphatic rings. The zero-order valence-corrected chi connectivity index (χ0v) is 14.1. The second kappa shape index (κ2) is 5.97. The molecule has 0 spiro atoms. The van der Waals surface area contributed by atoms with Gasteiger partial charge in [0.15, 0.2) is 0 Å². The number of hydrogen-bond acceptors (Lipinski definition) is 4. The van der Waals surface area contributed by atoms with Crippen molar-refractivity contribution in [3.63, 3.8) is 0 Å². The fourth-order valence-corrected chi connectivity index (χ4v) is 3.15. The highest BCUT2D eigenvalue weighted by Gasteiger charge is 2.32. The van der Waals surface area contributed by atoms with E-state index in [4.69, 9.17) is 5.73 Å². The third-order valence-electron chi connectivity index (χ3n) is 4.79. The van der Waals surface area contributed by atoms with Crippen molar-refractivity contribution in [2.24, 2.45) is 11.3 Å². The van der Waals surface area contributed by atoms with Crippen molar-refractivity contribution < 1.29 is 5.11 Å². The Morgan fingerprint density at radius 3 is 2.48 bits per heavy atom. The number of hydrogen-bond donors (Lipinski definition) is 2. The van der Waals surface area contributed by atoms with E-state index >= 15 is 0 Å². The van der Waals surface area contributed by atoms with Crippen LogP contribution in [0.3, 0.4) is 0 Å². The van der Waals surface area contributed by atoms with Gasteiger partial charge in [0.2, 0.25) is 0 Å². The van der Waals surface area contributed by atoms with Crippen LogP contribution >= 0.6 is 0 Å². The Morgan fingerprint density at radius 2 is 2.00 bits per heavy atom. The van der Waals surface area contributed by atoms with Gasteiger partial charge in [-0.05, 0) is 38.1 Å². The van der Waals surface area contributed by atoms with Gasteiger partial charge in [0, 0.05) is 13.1 Å². The third kappa shape index (κ3) is 3.77. The van der Waals surface area contributed by atoms with E-state index in [-0.39, 0.29) is 0 Å². The Balaban J connectivity index is 1.88. The van der Waals surface area contributed by atoms with Crippen LogP contribution in [0.1, 0.15) is 38.6 Å². The number of anilines is 1. The number of nitrogens with zero attached hydrogens (tertiary/aromatic N) is 3. The zero-order chi connectivity index (χ0) is 15.8. The van der Waals surface area contributed by atoms with Gasteiger partial charge in [-0.25, -0.2) is 0 Å². The van der Waals surface area contributed by atoms with E-state index in [1.54, 1.807) is 0 Å². The Bertz CT molecular complexity index is 489. The van der Waals surface area contributed by atoms with Gasteiger partial charge in [-0.15, -0.1) is 0 Å². The average Bonchev–Trinajstić information content (AvgIpc) is 2.91. The van der Waals surface area contributed by atoms with Gasteiger partial charge in [0.25, 0.3) is 0 Å². The Hall–Kier alpha value is -1.07. The molecule has 0 radical (unpaired) electrons. The molecule has 1 aromatic rings. The average molecular weight is 294 g/mol. The molecule has 2 rings (SSSR count). The van der Waals surface area contributed by atoms with Gasteiger partial charge >= 0.3 is 0 Å². The number of likely N-dealkylation sites (tertiary alicyclic amines) is 1. The van der Waals surface area contributed by atoms with Crippen molar-refractivity contribution in [1.29, 1.82) is 0 Å². The zero-order valence-electron chi connectivity index (χ0n) is 14.1. The van der Waals surface area contributed by atoms with E-state index in [1.807, 2.05) is 18.5 Å². The molecule has 0 aromatic carbocycles. The van der Waals surface area contributed by atoms with Crippen LogP contribution in [0.2, 0.25) is 0 Å². The van der Waals surface area contributed by atoms with Gasteiger partial charge in [-0.3, -0.25) is 4.68 Å². The summed E-state index contributed by atoms with van der Waals surface area (Å²) in [6.45, 7) is 14.2. The number of rotatable bonds is 4. The summed E-state index contributed by atoms with van der Waals surface area (Å²) < 4.78 is 1.83. The Labute approximate surface area is 128 Å². The summed E-state index contributed by atoms with van der Waals surface area (Å²) in [7, 11) is 0. The molecule has 1 aromatic heterocycles. The molecule has 120 valence electrons. The van der Waals surface area contributed by atoms with Gasteiger partial charge in [-0.2, -0.15) is 5.10 Å². The maximum Gasteiger partial charge on any atom is 0.0862 e. The van der Waals surface area contributed by atoms with Gasteiger partial charge in [0.05, 0.1) is 29.7 Å². The molecule has 2 heterocycles. The van der Waals surface area contributed by atoms with Gasteiger partial charge in [-0.1, -0.05) is 20.8 Å². The van der Waals surface area contributed by atoms with Crippen molar-refractivity contribution in [1.82, 2.24) is 14.7 Å². The lowest BCUT2D eigenvalue weighted by molar-refractivity contribution is 0.0994. The van der Waals surface area contributed by atoms with E-state index in [2.05, 4.69) is 30.8 Å². The first-order valence-corrected chi connectivity index (χ1v) is 7.88. The summed E-state index contributed by atoms with van der Waals surface area (Å²) in [5.74, 6) is 0.717. The summed E-state index contributed by atoms with van der Waals surface area (Å²) >= 11 is 0. The van der Waals surface area contributed by atoms with Crippen molar-refractivity contribution in [3.05, 3.63) is 11.4 Å². The van der Waals surface area contributed by atoms with Crippen LogP contribution in [-0.2, 0) is 6.54 Å². The highest BCUT2D eigenvalue weighted by Crippen LogP contribution is 2.33. The van der Waals surface area contributed by atoms with Crippen LogP contribution in [0.25, 0.3) is 0 Å². The lowest BCUT2D eigenvalue weighted by Gasteiger charge is -2.27. The van der Waals surface area contributed by atoms with Crippen LogP contribution in [-0.4, -0.2) is 45.5 Å². The first-order valence-electron chi connectivity index (χ1n) is 7.88. The predicted molar refractivity (Wildman–Crippen MR) is 86.1 cm³/mol. The van der Waals surface area contributed by atoms with Crippen molar-refractivity contribution in [2.45, 2.75) is 53.7 Å². The van der Waals surface area contributed by atoms with Crippen molar-refractivity contribution in [3.8, 4) is 0 Å². The van der Waals surface area contributed by atoms with Crippen molar-refractivity contribution >= 4 is 5.69 Å². The molecule has 2 unspecified atom stereocenters. The van der Waals surface area contributed by atoms with Crippen LogP contribution in [0.5, 0.6) is 0 Å². The van der Waals surface area contributed by atoms with E-state index in [0.29, 0.717) is 24.4 Å². The third-order valence-corrected chi connectivity index (χ3v) is 4.79. The number of aryl methyl sites for hydroxylation is 1. The minimum atomic E-state index is -0.402. The molecule has 1 aliphatic heterocycles. The molecule has 3 N–H and O–H groups in total. The summed E-state index contributed by atoms with van der Waals surface area (Å²) in [5, 5.41) is 14.7. The molecule has 21 heavy (non-hydrogen) atoms. The fraction of sp³-hybridized carbons (Fsp3) is 0.812. The number of nitrogen functional groups attached to an aromatic ring is 1. The quantitative estimate of drug-likeness (QED) is 0.889. The SMILES string of the molecule is Cc1nn(CC(O)CN2CCC(C(C)(C)C)C2)c(C)c1N. The highest BCUT2D eigenvalue weighted by atomic mass is 16.3. The van der Waals surface area contributed by atoms with Crippen LogP contribution < -0.4 is 5.73 Å². The summed E-state index contributed by atoms with van der Waals surface area (Å²) in [6.07, 6.45) is 0.824. The van der Waals surface area contributed by atoms with Gasteiger partial charge in [0.1, 0.15) is 0 Å². The van der Waals surface area contributed by atoms with E-state index < -0.39 is 6.10 Å². The molecule has 0 bridgehead atoms. The Kier molecular flexibility index (Phi) is 4.63. The standard InChI is InChI=1S/C16H30N4O/c1-11-15(17)12(2)20(18-11)10-14(21)9-19-7-6-13(8-19)16(3,4)5/h13-14,21H,6-10,17H2,1-5H3. The summed E-state index contributed by atoms with van der Waals surface area (Å²) in [4.78, 5) is 2.37. The van der Waals surface area contributed by atoms with E-state index in [9.17, 15) is 5.11 Å². The number of aliphatic hydroxyl groups excluding tert-OH is 1. The molecule has 5 nitrogen and oxygen atoms in total. The molecule has 1 saturated heterocycles. The topological polar surface area (TPSA) is 67.3 Å². The Morgan fingerprint density at radius 1 is 1.33 bits per heavy atom. The maximum absolute atomic E-state index is 10.3. The predicted octanol–water partition coefficient (Wildman–Crippen LogP) is 1.81. The van der Waals surface area contributed by atoms with Crippen LogP contribution in [0, 0.1) is 25.2 Å². The first kappa shape index (κ1) is 16.3. The van der Waals surface area contributed by atoms with Crippen LogP contribution in [0.4, 0.5) is 5.69 Å². The minimum absolute atomic E-state index is 0.351. The monoisotopic (exact) mass is 294 g/mol. The van der Waals surface area contributed by atoms with Gasteiger partial charge < -0.3 is 15.7 Å². The lowest BCUT2D eigenvalue weighted by Crippen LogP contribution is -2.35. The molecule has 2 atom stereocenters.